The number of nitrogens with zero attached hydrogens (tertiary/aromatic N) is 2. The van der Waals surface area contributed by atoms with Gasteiger partial charge in [0.25, 0.3) is 0 Å². The molecule has 0 saturated heterocycles. The molecule has 1 saturated carbocycles. The first kappa shape index (κ1) is 15.3. The van der Waals surface area contributed by atoms with Crippen molar-refractivity contribution in [1.82, 2.24) is 4.98 Å². The molecule has 2 rings (SSSR count). The lowest BCUT2D eigenvalue weighted by Gasteiger charge is -2.30. The van der Waals surface area contributed by atoms with Crippen molar-refractivity contribution in [1.29, 1.82) is 0 Å². The van der Waals surface area contributed by atoms with Gasteiger partial charge >= 0.3 is 0 Å². The molecule has 20 heavy (non-hydrogen) atoms. The Morgan fingerprint density at radius 2 is 2.15 bits per heavy atom. The average molecular weight is 277 g/mol. The fourth-order valence-corrected chi connectivity index (χ4v) is 2.63. The Bertz CT molecular complexity index is 401. The predicted octanol–water partition coefficient (Wildman–Crippen LogP) is 2.22. The van der Waals surface area contributed by atoms with Gasteiger partial charge in [-0.05, 0) is 50.7 Å². The minimum Gasteiger partial charge on any atom is -0.383 e. The number of nitrogens with two attached hydrogens (primary N) is 1. The normalized spacial score (nSPS) is 17.8. The van der Waals surface area contributed by atoms with E-state index in [0.717, 1.165) is 31.3 Å². The van der Waals surface area contributed by atoms with Crippen molar-refractivity contribution in [3.63, 3.8) is 0 Å². The van der Waals surface area contributed by atoms with Gasteiger partial charge < -0.3 is 15.4 Å². The van der Waals surface area contributed by atoms with E-state index in [9.17, 15) is 0 Å². The van der Waals surface area contributed by atoms with Crippen LogP contribution in [0.25, 0.3) is 0 Å². The molecular weight excluding hydrogens is 250 g/mol. The molecule has 0 bridgehead atoms. The summed E-state index contributed by atoms with van der Waals surface area (Å²) in [6, 6.07) is 4.98. The van der Waals surface area contributed by atoms with E-state index in [2.05, 4.69) is 28.9 Å². The summed E-state index contributed by atoms with van der Waals surface area (Å²) in [6.45, 7) is 5.95. The molecule has 112 valence electrons. The second kappa shape index (κ2) is 7.04. The summed E-state index contributed by atoms with van der Waals surface area (Å²) < 4.78 is 5.23. The van der Waals surface area contributed by atoms with E-state index in [1.54, 1.807) is 7.11 Å². The van der Waals surface area contributed by atoms with E-state index in [-0.39, 0.29) is 6.04 Å². The molecule has 1 heterocycles. The first-order chi connectivity index (χ1) is 9.61. The van der Waals surface area contributed by atoms with Crippen LogP contribution in [0, 0.1) is 5.92 Å². The van der Waals surface area contributed by atoms with E-state index in [1.165, 1.54) is 18.4 Å². The van der Waals surface area contributed by atoms with Crippen LogP contribution in [-0.4, -0.2) is 37.3 Å². The predicted molar refractivity (Wildman–Crippen MR) is 83.0 cm³/mol. The van der Waals surface area contributed by atoms with Gasteiger partial charge in [-0.3, -0.25) is 0 Å². The van der Waals surface area contributed by atoms with Crippen LogP contribution in [0.4, 0.5) is 5.82 Å². The third-order valence-corrected chi connectivity index (χ3v) is 3.99. The summed E-state index contributed by atoms with van der Waals surface area (Å²) >= 11 is 0. The second-order valence-corrected chi connectivity index (χ2v) is 5.97. The fraction of sp³-hybridized carbons (Fsp3) is 0.688. The van der Waals surface area contributed by atoms with Gasteiger partial charge in [0.15, 0.2) is 0 Å². The summed E-state index contributed by atoms with van der Waals surface area (Å²) in [6.07, 6.45) is 5.52. The Hall–Kier alpha value is -1.13. The second-order valence-electron chi connectivity index (χ2n) is 5.97. The van der Waals surface area contributed by atoms with E-state index in [4.69, 9.17) is 10.5 Å². The average Bonchev–Trinajstić information content (AvgIpc) is 3.24. The maximum absolute atomic E-state index is 5.83. The van der Waals surface area contributed by atoms with Crippen LogP contribution < -0.4 is 10.6 Å². The van der Waals surface area contributed by atoms with Crippen LogP contribution in [0.1, 0.15) is 32.3 Å². The first-order valence-corrected chi connectivity index (χ1v) is 7.58. The molecule has 0 aliphatic heterocycles. The molecule has 1 fully saturated rings. The Morgan fingerprint density at radius 1 is 1.40 bits per heavy atom. The zero-order valence-corrected chi connectivity index (χ0v) is 12.9. The van der Waals surface area contributed by atoms with Gasteiger partial charge in [-0.2, -0.15) is 0 Å². The van der Waals surface area contributed by atoms with Crippen molar-refractivity contribution < 1.29 is 4.74 Å². The smallest absolute Gasteiger partial charge is 0.128 e. The Morgan fingerprint density at radius 3 is 2.65 bits per heavy atom. The Balaban J connectivity index is 2.06. The molecule has 1 aromatic rings. The van der Waals surface area contributed by atoms with Crippen LogP contribution >= 0.6 is 0 Å². The lowest BCUT2D eigenvalue weighted by Crippen LogP contribution is -2.37. The summed E-state index contributed by atoms with van der Waals surface area (Å²) in [5.74, 6) is 1.87. The summed E-state index contributed by atoms with van der Waals surface area (Å²) in [4.78, 5) is 7.00. The maximum Gasteiger partial charge on any atom is 0.128 e. The minimum absolute atomic E-state index is 0.178. The number of methoxy groups -OCH3 is 1. The van der Waals surface area contributed by atoms with Crippen molar-refractivity contribution in [3.05, 3.63) is 23.9 Å². The lowest BCUT2D eigenvalue weighted by molar-refractivity contribution is 0.202. The number of hydrogen-bond acceptors (Lipinski definition) is 4. The fourth-order valence-electron chi connectivity index (χ4n) is 2.63. The molecule has 1 aromatic heterocycles. The van der Waals surface area contributed by atoms with Gasteiger partial charge in [0.1, 0.15) is 5.82 Å². The van der Waals surface area contributed by atoms with E-state index >= 15 is 0 Å². The molecule has 2 atom stereocenters. The molecule has 0 amide bonds. The highest BCUT2D eigenvalue weighted by molar-refractivity contribution is 5.41. The summed E-state index contributed by atoms with van der Waals surface area (Å²) in [5, 5.41) is 0. The molecule has 1 aliphatic rings. The third-order valence-electron chi connectivity index (χ3n) is 3.99. The quantitative estimate of drug-likeness (QED) is 0.791. The maximum atomic E-state index is 5.83. The standard InChI is InChI=1S/C16H27N3O/c1-12(17)10-14-4-7-16(18-11-14)19(8-9-20-3)13(2)15-5-6-15/h4,7,11-13,15H,5-6,8-10,17H2,1-3H3. The van der Waals surface area contributed by atoms with Gasteiger partial charge in [0.2, 0.25) is 0 Å². The third kappa shape index (κ3) is 4.18. The zero-order valence-electron chi connectivity index (χ0n) is 12.9. The monoisotopic (exact) mass is 277 g/mol. The first-order valence-electron chi connectivity index (χ1n) is 7.58. The molecule has 2 unspecified atom stereocenters. The highest BCUT2D eigenvalue weighted by atomic mass is 16.5. The van der Waals surface area contributed by atoms with E-state index in [1.807, 2.05) is 13.1 Å². The topological polar surface area (TPSA) is 51.4 Å². The number of ether oxygens (including phenoxy) is 1. The van der Waals surface area contributed by atoms with Crippen molar-refractivity contribution in [2.24, 2.45) is 11.7 Å². The van der Waals surface area contributed by atoms with Crippen LogP contribution in [0.5, 0.6) is 0 Å². The number of aromatic nitrogens is 1. The molecule has 2 N–H and O–H groups in total. The molecule has 1 aliphatic carbocycles. The van der Waals surface area contributed by atoms with Crippen LogP contribution in [-0.2, 0) is 11.2 Å². The Labute approximate surface area is 122 Å². The van der Waals surface area contributed by atoms with Crippen LogP contribution in [0.2, 0.25) is 0 Å². The highest BCUT2D eigenvalue weighted by Crippen LogP contribution is 2.36. The minimum atomic E-state index is 0.178. The lowest BCUT2D eigenvalue weighted by atomic mass is 10.1. The molecule has 4 heteroatoms. The van der Waals surface area contributed by atoms with Gasteiger partial charge in [-0.1, -0.05) is 6.07 Å². The number of rotatable bonds is 8. The van der Waals surface area contributed by atoms with Gasteiger partial charge in [0.05, 0.1) is 6.61 Å². The molecule has 0 aromatic carbocycles. The molecule has 0 radical (unpaired) electrons. The summed E-state index contributed by atoms with van der Waals surface area (Å²) in [5.41, 5.74) is 7.03. The number of pyridine rings is 1. The Kier molecular flexibility index (Phi) is 5.38. The van der Waals surface area contributed by atoms with Crippen LogP contribution in [0.15, 0.2) is 18.3 Å². The largest absolute Gasteiger partial charge is 0.383 e. The molecule has 4 nitrogen and oxygen atoms in total. The SMILES string of the molecule is COCCN(c1ccc(CC(C)N)cn1)C(C)C1CC1. The van der Waals surface area contributed by atoms with Gasteiger partial charge in [0, 0.05) is 31.9 Å². The zero-order chi connectivity index (χ0) is 14.5. The van der Waals surface area contributed by atoms with E-state index in [0.29, 0.717) is 6.04 Å². The molecule has 0 spiro atoms. The van der Waals surface area contributed by atoms with Gasteiger partial charge in [-0.15, -0.1) is 0 Å². The van der Waals surface area contributed by atoms with Crippen molar-refractivity contribution in [2.45, 2.75) is 45.2 Å². The highest BCUT2D eigenvalue weighted by Gasteiger charge is 2.32. The van der Waals surface area contributed by atoms with E-state index < -0.39 is 0 Å². The summed E-state index contributed by atoms with van der Waals surface area (Å²) in [7, 11) is 1.75. The number of anilines is 1. The number of hydrogen-bond donors (Lipinski definition) is 1. The van der Waals surface area contributed by atoms with Crippen LogP contribution in [0.3, 0.4) is 0 Å². The van der Waals surface area contributed by atoms with Gasteiger partial charge in [-0.25, -0.2) is 4.98 Å². The molecular formula is C16H27N3O. The van der Waals surface area contributed by atoms with Crippen molar-refractivity contribution in [2.75, 3.05) is 25.2 Å². The van der Waals surface area contributed by atoms with Crippen molar-refractivity contribution in [3.8, 4) is 0 Å². The van der Waals surface area contributed by atoms with Crippen molar-refractivity contribution >= 4 is 5.82 Å².